The molecule has 0 atom stereocenters. The molecular weight excluding hydrogens is 710 g/mol. The minimum absolute atomic E-state index is 0.110. The number of halogens is 1. The fourth-order valence-electron chi connectivity index (χ4n) is 7.58. The van der Waals surface area contributed by atoms with E-state index in [-0.39, 0.29) is 36.3 Å². The second-order valence-electron chi connectivity index (χ2n) is 14.7. The van der Waals surface area contributed by atoms with Gasteiger partial charge in [0, 0.05) is 75.3 Å². The number of likely N-dealkylation sites (N-methyl/N-ethyl adjacent to an activating group) is 1. The third-order valence-electron chi connectivity index (χ3n) is 10.8. The SMILES string of the molecule is CCc1nc2c(cnn2CC)c(NC2CCOCC2)c1CNC(=O)c1cccc(C(=O)NCc2ccc(F)c(-c3cccc(CN4CCCN(C)CC4)c3)c2)n1. The van der Waals surface area contributed by atoms with E-state index in [9.17, 15) is 9.59 Å². The lowest BCUT2D eigenvalue weighted by molar-refractivity contribution is 0.0904. The molecule has 0 spiro atoms. The number of carbonyl (C=O) groups is 2. The third kappa shape index (κ3) is 9.23. The number of amides is 2. The van der Waals surface area contributed by atoms with Gasteiger partial charge in [-0.05, 0) is 99.8 Å². The van der Waals surface area contributed by atoms with Gasteiger partial charge >= 0.3 is 0 Å². The first-order valence-electron chi connectivity index (χ1n) is 19.8. The molecule has 0 saturated carbocycles. The van der Waals surface area contributed by atoms with Crippen molar-refractivity contribution in [3.63, 3.8) is 0 Å². The number of benzene rings is 2. The predicted molar refractivity (Wildman–Crippen MR) is 216 cm³/mol. The van der Waals surface area contributed by atoms with Crippen molar-refractivity contribution >= 4 is 28.5 Å². The van der Waals surface area contributed by atoms with Crippen LogP contribution in [-0.2, 0) is 37.3 Å². The van der Waals surface area contributed by atoms with Gasteiger partial charge in [0.1, 0.15) is 17.2 Å². The fourth-order valence-corrected chi connectivity index (χ4v) is 7.58. The minimum atomic E-state index is -0.436. The van der Waals surface area contributed by atoms with E-state index in [1.807, 2.05) is 29.9 Å². The summed E-state index contributed by atoms with van der Waals surface area (Å²) in [6.07, 6.45) is 5.40. The molecule has 13 heteroatoms. The molecule has 56 heavy (non-hydrogen) atoms. The second-order valence-corrected chi connectivity index (χ2v) is 14.7. The molecule has 12 nitrogen and oxygen atoms in total. The average Bonchev–Trinajstić information content (AvgIpc) is 3.53. The zero-order valence-corrected chi connectivity index (χ0v) is 32.6. The highest BCUT2D eigenvalue weighted by Gasteiger charge is 2.23. The molecule has 0 bridgehead atoms. The Morgan fingerprint density at radius 1 is 0.875 bits per heavy atom. The smallest absolute Gasteiger partial charge is 0.270 e. The molecule has 2 aliphatic heterocycles. The Kier molecular flexibility index (Phi) is 12.6. The monoisotopic (exact) mass is 761 g/mol. The van der Waals surface area contributed by atoms with Crippen molar-refractivity contribution in [3.05, 3.63) is 106 Å². The Hall–Kier alpha value is -5.24. The molecule has 2 saturated heterocycles. The molecule has 7 rings (SSSR count). The maximum absolute atomic E-state index is 15.2. The van der Waals surface area contributed by atoms with E-state index >= 15 is 4.39 Å². The summed E-state index contributed by atoms with van der Waals surface area (Å²) in [5, 5.41) is 15.1. The van der Waals surface area contributed by atoms with E-state index in [1.165, 1.54) is 6.07 Å². The summed E-state index contributed by atoms with van der Waals surface area (Å²) in [5.74, 6) is -1.16. The third-order valence-corrected chi connectivity index (χ3v) is 10.8. The van der Waals surface area contributed by atoms with E-state index < -0.39 is 11.8 Å². The fraction of sp³-hybridized carbons (Fsp3) is 0.419. The standard InChI is InChI=1S/C43H52FN9O3/c1-4-37-34(40(48-32-15-21-56-22-16-32)35-27-47-53(5-2)41(35)50-37)26-46-43(55)39-12-7-11-38(49-39)42(54)45-25-29-13-14-36(44)33(24-29)31-10-6-9-30(23-31)28-52-18-8-17-51(3)19-20-52/h6-7,9-14,23-24,27,32H,4-5,8,15-22,25-26,28H2,1-3H3,(H,45,54)(H,46,55)(H,48,50). The number of rotatable bonds is 13. The molecule has 2 fully saturated rings. The summed E-state index contributed by atoms with van der Waals surface area (Å²) < 4.78 is 22.7. The summed E-state index contributed by atoms with van der Waals surface area (Å²) in [5.41, 5.74) is 6.92. The molecule has 5 aromatic rings. The Bertz CT molecular complexity index is 2170. The first-order valence-corrected chi connectivity index (χ1v) is 19.8. The number of hydrogen-bond donors (Lipinski definition) is 3. The van der Waals surface area contributed by atoms with Gasteiger partial charge in [-0.3, -0.25) is 14.5 Å². The van der Waals surface area contributed by atoms with Crippen LogP contribution in [0.25, 0.3) is 22.2 Å². The molecule has 2 aliphatic rings. The lowest BCUT2D eigenvalue weighted by Crippen LogP contribution is -2.30. The van der Waals surface area contributed by atoms with Crippen molar-refractivity contribution < 1.29 is 18.7 Å². The molecule has 2 amide bonds. The maximum atomic E-state index is 15.2. The zero-order valence-electron chi connectivity index (χ0n) is 32.6. The van der Waals surface area contributed by atoms with Crippen LogP contribution in [-0.4, -0.2) is 93.8 Å². The number of aromatic nitrogens is 4. The topological polar surface area (TPSA) is 130 Å². The van der Waals surface area contributed by atoms with Crippen LogP contribution >= 0.6 is 0 Å². The molecule has 5 heterocycles. The first-order chi connectivity index (χ1) is 27.3. The minimum Gasteiger partial charge on any atom is -0.381 e. The lowest BCUT2D eigenvalue weighted by Gasteiger charge is -2.26. The largest absolute Gasteiger partial charge is 0.381 e. The summed E-state index contributed by atoms with van der Waals surface area (Å²) in [6, 6.07) is 18.0. The van der Waals surface area contributed by atoms with E-state index in [0.717, 1.165) is 96.7 Å². The number of ether oxygens (including phenoxy) is 1. The highest BCUT2D eigenvalue weighted by atomic mass is 19.1. The van der Waals surface area contributed by atoms with Gasteiger partial charge in [-0.2, -0.15) is 5.10 Å². The quantitative estimate of drug-likeness (QED) is 0.136. The van der Waals surface area contributed by atoms with Gasteiger partial charge in [0.25, 0.3) is 11.8 Å². The van der Waals surface area contributed by atoms with Crippen LogP contribution in [0, 0.1) is 5.82 Å². The number of fused-ring (bicyclic) bond motifs is 1. The molecule has 0 radical (unpaired) electrons. The van der Waals surface area contributed by atoms with Crippen LogP contribution in [0.1, 0.15) is 76.5 Å². The number of nitrogens with zero attached hydrogens (tertiary/aromatic N) is 6. The van der Waals surface area contributed by atoms with Gasteiger partial charge in [0.05, 0.1) is 17.3 Å². The molecule has 0 aliphatic carbocycles. The van der Waals surface area contributed by atoms with Crippen molar-refractivity contribution in [2.45, 2.75) is 71.8 Å². The van der Waals surface area contributed by atoms with Crippen molar-refractivity contribution in [2.75, 3.05) is 51.8 Å². The second kappa shape index (κ2) is 18.1. The summed E-state index contributed by atoms with van der Waals surface area (Å²) in [6.45, 7) is 11.5. The predicted octanol–water partition coefficient (Wildman–Crippen LogP) is 5.80. The van der Waals surface area contributed by atoms with Crippen LogP contribution in [0.3, 0.4) is 0 Å². The highest BCUT2D eigenvalue weighted by molar-refractivity contribution is 5.97. The summed E-state index contributed by atoms with van der Waals surface area (Å²) in [7, 11) is 2.16. The lowest BCUT2D eigenvalue weighted by atomic mass is 10.00. The first kappa shape index (κ1) is 39.0. The summed E-state index contributed by atoms with van der Waals surface area (Å²) in [4.78, 5) is 41.0. The van der Waals surface area contributed by atoms with Gasteiger partial charge in [0.15, 0.2) is 5.65 Å². The van der Waals surface area contributed by atoms with Crippen LogP contribution in [0.15, 0.2) is 66.9 Å². The van der Waals surface area contributed by atoms with Gasteiger partial charge in [0.2, 0.25) is 0 Å². The normalized spacial score (nSPS) is 15.8. The van der Waals surface area contributed by atoms with Crippen molar-refractivity contribution in [3.8, 4) is 11.1 Å². The van der Waals surface area contributed by atoms with Crippen LogP contribution < -0.4 is 16.0 Å². The zero-order chi connectivity index (χ0) is 39.0. The number of carbonyl (C=O) groups excluding carboxylic acids is 2. The van der Waals surface area contributed by atoms with E-state index in [4.69, 9.17) is 9.72 Å². The average molecular weight is 762 g/mol. The molecule has 3 N–H and O–H groups in total. The van der Waals surface area contributed by atoms with Crippen LogP contribution in [0.5, 0.6) is 0 Å². The number of hydrogen-bond acceptors (Lipinski definition) is 9. The molecule has 2 aromatic carbocycles. The number of nitrogens with one attached hydrogen (secondary N) is 3. The Balaban J connectivity index is 1.01. The molecular formula is C43H52FN9O3. The van der Waals surface area contributed by atoms with Crippen LogP contribution in [0.2, 0.25) is 0 Å². The van der Waals surface area contributed by atoms with Crippen molar-refractivity contribution in [2.24, 2.45) is 0 Å². The van der Waals surface area contributed by atoms with E-state index in [0.29, 0.717) is 31.7 Å². The molecule has 0 unspecified atom stereocenters. The van der Waals surface area contributed by atoms with E-state index in [1.54, 1.807) is 30.3 Å². The van der Waals surface area contributed by atoms with Crippen molar-refractivity contribution in [1.82, 2.24) is 40.2 Å². The Labute approximate surface area is 327 Å². The maximum Gasteiger partial charge on any atom is 0.270 e. The van der Waals surface area contributed by atoms with E-state index in [2.05, 4.69) is 61.9 Å². The number of pyridine rings is 2. The van der Waals surface area contributed by atoms with Crippen molar-refractivity contribution in [1.29, 1.82) is 0 Å². The van der Waals surface area contributed by atoms with Gasteiger partial charge in [-0.1, -0.05) is 37.3 Å². The number of aryl methyl sites for hydroxylation is 2. The Morgan fingerprint density at radius 2 is 1.64 bits per heavy atom. The molecule has 3 aromatic heterocycles. The van der Waals surface area contributed by atoms with Gasteiger partial charge < -0.3 is 25.6 Å². The number of anilines is 1. The molecule has 294 valence electrons. The van der Waals surface area contributed by atoms with Gasteiger partial charge in [-0.15, -0.1) is 0 Å². The summed E-state index contributed by atoms with van der Waals surface area (Å²) >= 11 is 0. The van der Waals surface area contributed by atoms with Gasteiger partial charge in [-0.25, -0.2) is 19.0 Å². The highest BCUT2D eigenvalue weighted by Crippen LogP contribution is 2.31. The Morgan fingerprint density at radius 3 is 2.41 bits per heavy atom. The van der Waals surface area contributed by atoms with Crippen LogP contribution in [0.4, 0.5) is 10.1 Å².